The molecule has 2 rings (SSSR count). The molecule has 0 saturated heterocycles. The number of hydrogen-bond donors (Lipinski definition) is 3. The van der Waals surface area contributed by atoms with E-state index < -0.39 is 4.92 Å². The fourth-order valence-corrected chi connectivity index (χ4v) is 2.09. The Bertz CT molecular complexity index is 696. The summed E-state index contributed by atoms with van der Waals surface area (Å²) >= 11 is 0. The topological polar surface area (TPSA) is 106 Å². The second-order valence-electron chi connectivity index (χ2n) is 5.17. The van der Waals surface area contributed by atoms with Crippen LogP contribution in [0.5, 0.6) is 0 Å². The molecule has 7 nitrogen and oxygen atoms in total. The number of nitrogens with one attached hydrogen (secondary N) is 2. The van der Waals surface area contributed by atoms with E-state index in [1.165, 1.54) is 17.7 Å². The van der Waals surface area contributed by atoms with Crippen LogP contribution in [0.3, 0.4) is 0 Å². The summed E-state index contributed by atoms with van der Waals surface area (Å²) in [6.45, 7) is 3.17. The molecule has 0 fully saturated rings. The molecule has 0 aliphatic carbocycles. The highest BCUT2D eigenvalue weighted by Gasteiger charge is 2.03. The number of nitro benzene ring substituents is 1. The standard InChI is InChI=1S/C17H21N5O2/c1-2-13-3-5-15(6-4-13)21-17(18)20-12-11-19-14-7-9-16(10-8-14)22(23)24/h3-10,19H,2,11-12H2,1H3,(H3,18,20,21). The first kappa shape index (κ1) is 17.3. The van der Waals surface area contributed by atoms with Gasteiger partial charge < -0.3 is 16.4 Å². The zero-order chi connectivity index (χ0) is 17.4. The molecular weight excluding hydrogens is 306 g/mol. The minimum atomic E-state index is -0.423. The second kappa shape index (κ2) is 8.52. The first-order valence-electron chi connectivity index (χ1n) is 7.72. The van der Waals surface area contributed by atoms with Crippen molar-refractivity contribution < 1.29 is 4.92 Å². The van der Waals surface area contributed by atoms with Crippen LogP contribution >= 0.6 is 0 Å². The van der Waals surface area contributed by atoms with Crippen LogP contribution in [0.25, 0.3) is 0 Å². The quantitative estimate of drug-likeness (QED) is 0.238. The lowest BCUT2D eigenvalue weighted by Crippen LogP contribution is -2.23. The van der Waals surface area contributed by atoms with Crippen molar-refractivity contribution in [3.63, 3.8) is 0 Å². The van der Waals surface area contributed by atoms with Crippen molar-refractivity contribution >= 4 is 23.0 Å². The number of benzene rings is 2. The van der Waals surface area contributed by atoms with Crippen LogP contribution in [-0.4, -0.2) is 24.0 Å². The third kappa shape index (κ3) is 5.28. The van der Waals surface area contributed by atoms with Gasteiger partial charge in [0.2, 0.25) is 0 Å². The molecule has 2 aromatic carbocycles. The molecule has 4 N–H and O–H groups in total. The molecule has 2 aromatic rings. The van der Waals surface area contributed by atoms with Gasteiger partial charge in [-0.3, -0.25) is 15.1 Å². The summed E-state index contributed by atoms with van der Waals surface area (Å²) in [6.07, 6.45) is 0.998. The number of aliphatic imine (C=N–C) groups is 1. The van der Waals surface area contributed by atoms with Crippen molar-refractivity contribution in [1.82, 2.24) is 0 Å². The summed E-state index contributed by atoms with van der Waals surface area (Å²) in [5, 5.41) is 16.7. The Kier molecular flexibility index (Phi) is 6.13. The van der Waals surface area contributed by atoms with Gasteiger partial charge in [0.15, 0.2) is 5.96 Å². The molecule has 0 heterocycles. The number of rotatable bonds is 7. The number of nitro groups is 1. The Morgan fingerprint density at radius 1 is 1.12 bits per heavy atom. The molecule has 126 valence electrons. The van der Waals surface area contributed by atoms with Crippen molar-refractivity contribution in [2.45, 2.75) is 13.3 Å². The number of aryl methyl sites for hydroxylation is 1. The number of nitrogens with zero attached hydrogens (tertiary/aromatic N) is 2. The van der Waals surface area contributed by atoms with Crippen molar-refractivity contribution in [3.05, 3.63) is 64.2 Å². The Morgan fingerprint density at radius 3 is 2.33 bits per heavy atom. The van der Waals surface area contributed by atoms with E-state index in [1.54, 1.807) is 12.1 Å². The van der Waals surface area contributed by atoms with Crippen LogP contribution < -0.4 is 16.4 Å². The minimum Gasteiger partial charge on any atom is -0.383 e. The highest BCUT2D eigenvalue weighted by Crippen LogP contribution is 2.15. The average molecular weight is 327 g/mol. The number of guanidine groups is 1. The van der Waals surface area contributed by atoms with E-state index in [0.29, 0.717) is 19.0 Å². The van der Waals surface area contributed by atoms with E-state index in [-0.39, 0.29) is 5.69 Å². The highest BCUT2D eigenvalue weighted by atomic mass is 16.6. The van der Waals surface area contributed by atoms with Gasteiger partial charge in [-0.1, -0.05) is 19.1 Å². The molecule has 0 amide bonds. The summed E-state index contributed by atoms with van der Waals surface area (Å²) < 4.78 is 0. The molecule has 0 atom stereocenters. The zero-order valence-corrected chi connectivity index (χ0v) is 13.5. The first-order valence-corrected chi connectivity index (χ1v) is 7.72. The van der Waals surface area contributed by atoms with Crippen LogP contribution in [0, 0.1) is 10.1 Å². The number of non-ortho nitro benzene ring substituents is 1. The van der Waals surface area contributed by atoms with Crippen LogP contribution in [0.15, 0.2) is 53.5 Å². The molecule has 0 spiro atoms. The summed E-state index contributed by atoms with van der Waals surface area (Å²) in [5.41, 5.74) is 8.89. The lowest BCUT2D eigenvalue weighted by Gasteiger charge is -2.07. The Balaban J connectivity index is 1.77. The maximum atomic E-state index is 10.6. The van der Waals surface area contributed by atoms with Gasteiger partial charge in [-0.05, 0) is 36.2 Å². The van der Waals surface area contributed by atoms with Gasteiger partial charge in [0.25, 0.3) is 5.69 Å². The molecule has 7 heteroatoms. The van der Waals surface area contributed by atoms with Gasteiger partial charge >= 0.3 is 0 Å². The maximum Gasteiger partial charge on any atom is 0.269 e. The van der Waals surface area contributed by atoms with Crippen LogP contribution in [-0.2, 0) is 6.42 Å². The number of anilines is 2. The maximum absolute atomic E-state index is 10.6. The van der Waals surface area contributed by atoms with Gasteiger partial charge in [0.05, 0.1) is 11.5 Å². The summed E-state index contributed by atoms with van der Waals surface area (Å²) in [5.74, 6) is 0.352. The minimum absolute atomic E-state index is 0.0705. The molecule has 0 aliphatic heterocycles. The second-order valence-corrected chi connectivity index (χ2v) is 5.17. The molecule has 0 aliphatic rings. The van der Waals surface area contributed by atoms with Crippen molar-refractivity contribution in [3.8, 4) is 0 Å². The van der Waals surface area contributed by atoms with E-state index in [0.717, 1.165) is 17.8 Å². The lowest BCUT2D eigenvalue weighted by atomic mass is 10.1. The highest BCUT2D eigenvalue weighted by molar-refractivity contribution is 5.92. The molecule has 0 unspecified atom stereocenters. The van der Waals surface area contributed by atoms with Crippen molar-refractivity contribution in [2.24, 2.45) is 10.7 Å². The van der Waals surface area contributed by atoms with Crippen molar-refractivity contribution in [1.29, 1.82) is 0 Å². The fourth-order valence-electron chi connectivity index (χ4n) is 2.09. The third-order valence-corrected chi connectivity index (χ3v) is 3.44. The number of nitrogens with two attached hydrogens (primary N) is 1. The predicted molar refractivity (Wildman–Crippen MR) is 97.5 cm³/mol. The Hall–Kier alpha value is -3.09. The SMILES string of the molecule is CCc1ccc(NC(N)=NCCNc2ccc([N+](=O)[O-])cc2)cc1. The molecule has 0 aromatic heterocycles. The predicted octanol–water partition coefficient (Wildman–Crippen LogP) is 3.00. The third-order valence-electron chi connectivity index (χ3n) is 3.44. The number of hydrogen-bond acceptors (Lipinski definition) is 4. The van der Waals surface area contributed by atoms with Crippen LogP contribution in [0.1, 0.15) is 12.5 Å². The lowest BCUT2D eigenvalue weighted by molar-refractivity contribution is -0.384. The fraction of sp³-hybridized carbons (Fsp3) is 0.235. The van der Waals surface area contributed by atoms with E-state index in [4.69, 9.17) is 5.73 Å². The van der Waals surface area contributed by atoms with Crippen LogP contribution in [0.2, 0.25) is 0 Å². The molecule has 0 radical (unpaired) electrons. The molecule has 0 saturated carbocycles. The Labute approximate surface area is 140 Å². The van der Waals surface area contributed by atoms with Crippen LogP contribution in [0.4, 0.5) is 17.1 Å². The van der Waals surface area contributed by atoms with E-state index in [2.05, 4.69) is 22.5 Å². The first-order chi connectivity index (χ1) is 11.6. The smallest absolute Gasteiger partial charge is 0.269 e. The molecule has 0 bridgehead atoms. The van der Waals surface area contributed by atoms with E-state index >= 15 is 0 Å². The van der Waals surface area contributed by atoms with E-state index in [9.17, 15) is 10.1 Å². The van der Waals surface area contributed by atoms with E-state index in [1.807, 2.05) is 24.3 Å². The average Bonchev–Trinajstić information content (AvgIpc) is 2.60. The Morgan fingerprint density at radius 2 is 1.75 bits per heavy atom. The van der Waals surface area contributed by atoms with Gasteiger partial charge in [0.1, 0.15) is 0 Å². The van der Waals surface area contributed by atoms with Gasteiger partial charge in [-0.15, -0.1) is 0 Å². The molecule has 24 heavy (non-hydrogen) atoms. The zero-order valence-electron chi connectivity index (χ0n) is 13.5. The molecular formula is C17H21N5O2. The van der Waals surface area contributed by atoms with Crippen molar-refractivity contribution in [2.75, 3.05) is 23.7 Å². The normalized spacial score (nSPS) is 11.1. The summed E-state index contributed by atoms with van der Waals surface area (Å²) in [4.78, 5) is 14.4. The van der Waals surface area contributed by atoms with Gasteiger partial charge in [-0.25, -0.2) is 0 Å². The summed E-state index contributed by atoms with van der Waals surface area (Å²) in [6, 6.07) is 14.3. The largest absolute Gasteiger partial charge is 0.383 e. The monoisotopic (exact) mass is 327 g/mol. The van der Waals surface area contributed by atoms with Gasteiger partial charge in [0, 0.05) is 30.1 Å². The van der Waals surface area contributed by atoms with Gasteiger partial charge in [-0.2, -0.15) is 0 Å². The summed E-state index contributed by atoms with van der Waals surface area (Å²) in [7, 11) is 0.